The quantitative estimate of drug-likeness (QED) is 0.328. The van der Waals surface area contributed by atoms with E-state index in [1.54, 1.807) is 0 Å². The molecule has 4 nitrogen and oxygen atoms in total. The van der Waals surface area contributed by atoms with Crippen molar-refractivity contribution in [1.29, 1.82) is 0 Å². The average Bonchev–Trinajstić information content (AvgIpc) is 2.30. The molecule has 0 spiro atoms. The summed E-state index contributed by atoms with van der Waals surface area (Å²) in [5.74, 6) is 1.25. The zero-order valence-electron chi connectivity index (χ0n) is 11.4. The van der Waals surface area contributed by atoms with E-state index in [-0.39, 0.29) is 24.0 Å². The van der Waals surface area contributed by atoms with Crippen LogP contribution in [0.4, 0.5) is 0 Å². The first kappa shape index (κ1) is 17.7. The summed E-state index contributed by atoms with van der Waals surface area (Å²) in [6, 6.07) is 0. The molecule has 0 radical (unpaired) electrons. The zero-order chi connectivity index (χ0) is 12.5. The monoisotopic (exact) mass is 367 g/mol. The molecule has 0 aliphatic carbocycles. The Labute approximate surface area is 127 Å². The standard InChI is InChI=1S/C13H25N3O.HI/c1-11(2)3-7-15-13(14)16-8-4-12-5-9-17-10-6-12;/h5,11H,3-4,6-10H2,1-2H3,(H3,14,15,16);1H. The van der Waals surface area contributed by atoms with Crippen LogP contribution in [0.1, 0.15) is 33.1 Å². The Balaban J connectivity index is 0.00000289. The van der Waals surface area contributed by atoms with E-state index in [9.17, 15) is 0 Å². The van der Waals surface area contributed by atoms with Crippen LogP contribution in [0.15, 0.2) is 16.6 Å². The van der Waals surface area contributed by atoms with Gasteiger partial charge in [-0.25, -0.2) is 0 Å². The first-order valence-corrected chi connectivity index (χ1v) is 6.48. The molecule has 1 heterocycles. The van der Waals surface area contributed by atoms with Crippen LogP contribution in [-0.2, 0) is 4.74 Å². The smallest absolute Gasteiger partial charge is 0.188 e. The van der Waals surface area contributed by atoms with Gasteiger partial charge in [0.1, 0.15) is 0 Å². The third kappa shape index (κ3) is 8.74. The fourth-order valence-electron chi connectivity index (χ4n) is 1.64. The molecular formula is C13H26IN3O. The number of nitrogens with one attached hydrogen (secondary N) is 1. The van der Waals surface area contributed by atoms with Crippen molar-refractivity contribution in [3.63, 3.8) is 0 Å². The number of rotatable bonds is 6. The predicted octanol–water partition coefficient (Wildman–Crippen LogP) is 2.29. The van der Waals surface area contributed by atoms with E-state index in [4.69, 9.17) is 10.5 Å². The maximum absolute atomic E-state index is 5.77. The summed E-state index contributed by atoms with van der Waals surface area (Å²) in [5, 5.41) is 3.15. The number of nitrogens with zero attached hydrogens (tertiary/aromatic N) is 1. The van der Waals surface area contributed by atoms with Crippen LogP contribution < -0.4 is 11.1 Å². The van der Waals surface area contributed by atoms with Crippen molar-refractivity contribution >= 4 is 29.9 Å². The fourth-order valence-corrected chi connectivity index (χ4v) is 1.64. The molecule has 0 atom stereocenters. The van der Waals surface area contributed by atoms with Gasteiger partial charge in [0.15, 0.2) is 5.96 Å². The van der Waals surface area contributed by atoms with Gasteiger partial charge in [0.25, 0.3) is 0 Å². The number of hydrogen-bond acceptors (Lipinski definition) is 2. The minimum atomic E-state index is 0. The number of halogens is 1. The van der Waals surface area contributed by atoms with Crippen LogP contribution in [0.2, 0.25) is 0 Å². The molecule has 0 fully saturated rings. The molecule has 0 unspecified atom stereocenters. The molecule has 5 heteroatoms. The summed E-state index contributed by atoms with van der Waals surface area (Å²) in [6.45, 7) is 7.67. The Morgan fingerprint density at radius 2 is 2.33 bits per heavy atom. The molecular weight excluding hydrogens is 341 g/mol. The SMILES string of the molecule is CC(C)CCN=C(N)NCCC1=CCOCC1.I. The number of nitrogens with two attached hydrogens (primary N) is 1. The third-order valence-electron chi connectivity index (χ3n) is 2.80. The lowest BCUT2D eigenvalue weighted by molar-refractivity contribution is 0.153. The van der Waals surface area contributed by atoms with Crippen molar-refractivity contribution in [2.24, 2.45) is 16.6 Å². The van der Waals surface area contributed by atoms with E-state index in [1.807, 2.05) is 0 Å². The third-order valence-corrected chi connectivity index (χ3v) is 2.80. The van der Waals surface area contributed by atoms with Gasteiger partial charge in [-0.3, -0.25) is 4.99 Å². The van der Waals surface area contributed by atoms with Crippen LogP contribution in [-0.4, -0.2) is 32.3 Å². The van der Waals surface area contributed by atoms with Crippen molar-refractivity contribution in [1.82, 2.24) is 5.32 Å². The van der Waals surface area contributed by atoms with Gasteiger partial charge in [-0.05, 0) is 25.2 Å². The summed E-state index contributed by atoms with van der Waals surface area (Å²) in [7, 11) is 0. The highest BCUT2D eigenvalue weighted by Crippen LogP contribution is 2.10. The first-order chi connectivity index (χ1) is 8.18. The molecule has 3 N–H and O–H groups in total. The Bertz CT molecular complexity index is 277. The lowest BCUT2D eigenvalue weighted by Crippen LogP contribution is -2.33. The van der Waals surface area contributed by atoms with Gasteiger partial charge < -0.3 is 15.8 Å². The lowest BCUT2D eigenvalue weighted by atomic mass is 10.1. The van der Waals surface area contributed by atoms with Gasteiger partial charge in [0.2, 0.25) is 0 Å². The first-order valence-electron chi connectivity index (χ1n) is 6.48. The van der Waals surface area contributed by atoms with E-state index >= 15 is 0 Å². The second kappa shape index (κ2) is 10.6. The van der Waals surface area contributed by atoms with Gasteiger partial charge in [0.05, 0.1) is 13.2 Å². The highest BCUT2D eigenvalue weighted by Gasteiger charge is 2.03. The molecule has 0 amide bonds. The largest absolute Gasteiger partial charge is 0.377 e. The van der Waals surface area contributed by atoms with Crippen molar-refractivity contribution in [3.8, 4) is 0 Å². The van der Waals surface area contributed by atoms with Gasteiger partial charge in [-0.2, -0.15) is 0 Å². The van der Waals surface area contributed by atoms with Gasteiger partial charge in [0, 0.05) is 13.1 Å². The van der Waals surface area contributed by atoms with Crippen molar-refractivity contribution in [2.75, 3.05) is 26.3 Å². The topological polar surface area (TPSA) is 59.6 Å². The second-order valence-corrected chi connectivity index (χ2v) is 4.81. The van der Waals surface area contributed by atoms with Crippen LogP contribution in [0, 0.1) is 5.92 Å². The normalized spacial score (nSPS) is 16.2. The maximum Gasteiger partial charge on any atom is 0.188 e. The number of ether oxygens (including phenoxy) is 1. The minimum absolute atomic E-state index is 0. The van der Waals surface area contributed by atoms with Crippen molar-refractivity contribution in [2.45, 2.75) is 33.1 Å². The Morgan fingerprint density at radius 3 is 2.94 bits per heavy atom. The summed E-state index contributed by atoms with van der Waals surface area (Å²) < 4.78 is 5.26. The Morgan fingerprint density at radius 1 is 1.56 bits per heavy atom. The summed E-state index contributed by atoms with van der Waals surface area (Å²) >= 11 is 0. The van der Waals surface area contributed by atoms with Crippen molar-refractivity contribution in [3.05, 3.63) is 11.6 Å². The van der Waals surface area contributed by atoms with Crippen LogP contribution >= 0.6 is 24.0 Å². The molecule has 18 heavy (non-hydrogen) atoms. The number of guanidine groups is 1. The molecule has 0 aromatic rings. The molecule has 0 aromatic heterocycles. The zero-order valence-corrected chi connectivity index (χ0v) is 13.8. The van der Waals surface area contributed by atoms with E-state index in [1.165, 1.54) is 5.57 Å². The summed E-state index contributed by atoms with van der Waals surface area (Å²) in [5.41, 5.74) is 7.23. The fraction of sp³-hybridized carbons (Fsp3) is 0.769. The second-order valence-electron chi connectivity index (χ2n) is 4.81. The number of aliphatic imine (C=N–C) groups is 1. The molecule has 1 rings (SSSR count). The van der Waals surface area contributed by atoms with Gasteiger partial charge in [-0.1, -0.05) is 25.5 Å². The molecule has 1 aliphatic rings. The molecule has 0 aromatic carbocycles. The maximum atomic E-state index is 5.77. The summed E-state index contributed by atoms with van der Waals surface area (Å²) in [6.07, 6.45) is 5.33. The molecule has 0 saturated carbocycles. The molecule has 0 bridgehead atoms. The van der Waals surface area contributed by atoms with E-state index < -0.39 is 0 Å². The average molecular weight is 367 g/mol. The van der Waals surface area contributed by atoms with E-state index in [2.05, 4.69) is 30.2 Å². The molecule has 106 valence electrons. The van der Waals surface area contributed by atoms with Gasteiger partial charge in [-0.15, -0.1) is 24.0 Å². The predicted molar refractivity (Wildman–Crippen MR) is 87.5 cm³/mol. The van der Waals surface area contributed by atoms with Crippen LogP contribution in [0.3, 0.4) is 0 Å². The Hall–Kier alpha value is -0.300. The van der Waals surface area contributed by atoms with Crippen LogP contribution in [0.5, 0.6) is 0 Å². The molecule has 1 aliphatic heterocycles. The Kier molecular flexibility index (Phi) is 10.4. The van der Waals surface area contributed by atoms with Crippen LogP contribution in [0.25, 0.3) is 0 Å². The number of hydrogen-bond donors (Lipinski definition) is 2. The van der Waals surface area contributed by atoms with E-state index in [0.717, 1.165) is 45.6 Å². The highest BCUT2D eigenvalue weighted by atomic mass is 127. The summed E-state index contributed by atoms with van der Waals surface area (Å²) in [4.78, 5) is 4.29. The van der Waals surface area contributed by atoms with Gasteiger partial charge >= 0.3 is 0 Å². The van der Waals surface area contributed by atoms with Crippen molar-refractivity contribution < 1.29 is 4.74 Å². The van der Waals surface area contributed by atoms with E-state index in [0.29, 0.717) is 11.9 Å². The lowest BCUT2D eigenvalue weighted by Gasteiger charge is -2.13. The highest BCUT2D eigenvalue weighted by molar-refractivity contribution is 14.0. The molecule has 0 saturated heterocycles. The minimum Gasteiger partial charge on any atom is -0.377 e.